The highest BCUT2D eigenvalue weighted by molar-refractivity contribution is 5.39. The number of rotatable bonds is 5. The van der Waals surface area contributed by atoms with E-state index >= 15 is 0 Å². The molecule has 0 amide bonds. The molecule has 0 spiro atoms. The molecular formula is C16H23NO. The second kappa shape index (κ2) is 5.75. The minimum atomic E-state index is 0.546. The summed E-state index contributed by atoms with van der Waals surface area (Å²) in [4.78, 5) is 0. The van der Waals surface area contributed by atoms with Gasteiger partial charge in [-0.1, -0.05) is 43.9 Å². The van der Waals surface area contributed by atoms with Gasteiger partial charge >= 0.3 is 0 Å². The number of nitrogens with one attached hydrogen (secondary N) is 1. The van der Waals surface area contributed by atoms with Crippen LogP contribution in [0.15, 0.2) is 24.3 Å². The fourth-order valence-corrected chi connectivity index (χ4v) is 3.28. The van der Waals surface area contributed by atoms with E-state index in [2.05, 4.69) is 29.6 Å². The van der Waals surface area contributed by atoms with E-state index in [1.165, 1.54) is 44.2 Å². The van der Waals surface area contributed by atoms with Gasteiger partial charge in [-0.25, -0.2) is 0 Å². The van der Waals surface area contributed by atoms with Crippen molar-refractivity contribution in [3.8, 4) is 5.75 Å². The first-order chi connectivity index (χ1) is 8.93. The largest absolute Gasteiger partial charge is 0.493 e. The molecule has 1 N–H and O–H groups in total. The lowest BCUT2D eigenvalue weighted by Crippen LogP contribution is -2.24. The highest BCUT2D eigenvalue weighted by Gasteiger charge is 2.23. The van der Waals surface area contributed by atoms with Gasteiger partial charge in [-0.3, -0.25) is 0 Å². The maximum atomic E-state index is 5.70. The summed E-state index contributed by atoms with van der Waals surface area (Å²) in [5.41, 5.74) is 1.38. The highest BCUT2D eigenvalue weighted by atomic mass is 16.5. The molecule has 2 nitrogen and oxygen atoms in total. The Balaban J connectivity index is 1.41. The van der Waals surface area contributed by atoms with Gasteiger partial charge < -0.3 is 10.1 Å². The predicted molar refractivity (Wildman–Crippen MR) is 74.1 cm³/mol. The van der Waals surface area contributed by atoms with E-state index in [0.717, 1.165) is 24.8 Å². The monoisotopic (exact) mass is 245 g/mol. The SMILES string of the molecule is c1ccc2c(c1)OCC2CNCCC1CCCC1. The molecule has 0 radical (unpaired) electrons. The van der Waals surface area contributed by atoms with E-state index in [4.69, 9.17) is 4.74 Å². The Morgan fingerprint density at radius 2 is 2.00 bits per heavy atom. The van der Waals surface area contributed by atoms with Gasteiger partial charge in [0.1, 0.15) is 5.75 Å². The van der Waals surface area contributed by atoms with Crippen LogP contribution in [-0.2, 0) is 0 Å². The highest BCUT2D eigenvalue weighted by Crippen LogP contribution is 2.33. The predicted octanol–water partition coefficient (Wildman–Crippen LogP) is 3.33. The number of ether oxygens (including phenoxy) is 1. The van der Waals surface area contributed by atoms with Crippen LogP contribution in [0.4, 0.5) is 0 Å². The summed E-state index contributed by atoms with van der Waals surface area (Å²) in [5, 5.41) is 3.62. The standard InChI is InChI=1S/C16H23NO/c1-2-6-13(5-1)9-10-17-11-14-12-18-16-8-4-3-7-15(14)16/h3-4,7-8,13-14,17H,1-2,5-6,9-12H2. The zero-order chi connectivity index (χ0) is 12.2. The summed E-state index contributed by atoms with van der Waals surface area (Å²) in [6, 6.07) is 8.44. The van der Waals surface area contributed by atoms with E-state index in [1.54, 1.807) is 0 Å². The molecule has 0 aromatic heterocycles. The van der Waals surface area contributed by atoms with Crippen molar-refractivity contribution in [1.82, 2.24) is 5.32 Å². The molecule has 1 fully saturated rings. The Labute approximate surface area is 110 Å². The maximum Gasteiger partial charge on any atom is 0.122 e. The molecule has 1 saturated carbocycles. The van der Waals surface area contributed by atoms with Crippen molar-refractivity contribution in [2.24, 2.45) is 5.92 Å². The number of benzene rings is 1. The Hall–Kier alpha value is -1.02. The van der Waals surface area contributed by atoms with Crippen LogP contribution in [0, 0.1) is 5.92 Å². The van der Waals surface area contributed by atoms with Crippen molar-refractivity contribution < 1.29 is 4.74 Å². The van der Waals surface area contributed by atoms with Gasteiger partial charge in [-0.05, 0) is 24.9 Å². The molecule has 1 unspecified atom stereocenters. The first-order valence-corrected chi connectivity index (χ1v) is 7.36. The first-order valence-electron chi connectivity index (χ1n) is 7.36. The third-order valence-electron chi connectivity index (χ3n) is 4.39. The molecule has 18 heavy (non-hydrogen) atoms. The van der Waals surface area contributed by atoms with Gasteiger partial charge in [0, 0.05) is 18.0 Å². The molecule has 2 aliphatic rings. The summed E-state index contributed by atoms with van der Waals surface area (Å²) < 4.78 is 5.70. The minimum absolute atomic E-state index is 0.546. The smallest absolute Gasteiger partial charge is 0.122 e. The van der Waals surface area contributed by atoms with E-state index in [9.17, 15) is 0 Å². The molecule has 0 bridgehead atoms. The molecule has 1 aliphatic carbocycles. The molecule has 98 valence electrons. The van der Waals surface area contributed by atoms with E-state index in [-0.39, 0.29) is 0 Å². The lowest BCUT2D eigenvalue weighted by Gasteiger charge is -2.12. The molecule has 1 heterocycles. The van der Waals surface area contributed by atoms with Gasteiger partial charge in [-0.15, -0.1) is 0 Å². The van der Waals surface area contributed by atoms with Gasteiger partial charge in [-0.2, -0.15) is 0 Å². The van der Waals surface area contributed by atoms with Crippen LogP contribution in [0.5, 0.6) is 5.75 Å². The Bertz CT molecular complexity index is 384. The van der Waals surface area contributed by atoms with Crippen LogP contribution in [0.2, 0.25) is 0 Å². The molecule has 2 heteroatoms. The second-order valence-corrected chi connectivity index (χ2v) is 5.69. The van der Waals surface area contributed by atoms with Crippen molar-refractivity contribution in [3.05, 3.63) is 29.8 Å². The molecule has 0 saturated heterocycles. The van der Waals surface area contributed by atoms with Crippen molar-refractivity contribution in [1.29, 1.82) is 0 Å². The van der Waals surface area contributed by atoms with Crippen molar-refractivity contribution in [3.63, 3.8) is 0 Å². The number of hydrogen-bond acceptors (Lipinski definition) is 2. The lowest BCUT2D eigenvalue weighted by molar-refractivity contribution is 0.325. The summed E-state index contributed by atoms with van der Waals surface area (Å²) >= 11 is 0. The summed E-state index contributed by atoms with van der Waals surface area (Å²) in [5.74, 6) is 2.62. The maximum absolute atomic E-state index is 5.70. The molecule has 3 rings (SSSR count). The second-order valence-electron chi connectivity index (χ2n) is 5.69. The van der Waals surface area contributed by atoms with Gasteiger partial charge in [0.05, 0.1) is 6.61 Å². The molecule has 1 aliphatic heterocycles. The summed E-state index contributed by atoms with van der Waals surface area (Å²) in [6.07, 6.45) is 7.17. The Kier molecular flexibility index (Phi) is 3.84. The first kappa shape index (κ1) is 12.0. The van der Waals surface area contributed by atoms with Gasteiger partial charge in [0.25, 0.3) is 0 Å². The van der Waals surface area contributed by atoms with E-state index in [1.807, 2.05) is 0 Å². The van der Waals surface area contributed by atoms with Crippen LogP contribution in [0.25, 0.3) is 0 Å². The quantitative estimate of drug-likeness (QED) is 0.803. The zero-order valence-corrected chi connectivity index (χ0v) is 11.0. The Morgan fingerprint density at radius 3 is 2.89 bits per heavy atom. The number of para-hydroxylation sites is 1. The molecule has 1 aromatic rings. The van der Waals surface area contributed by atoms with Crippen molar-refractivity contribution in [2.75, 3.05) is 19.7 Å². The van der Waals surface area contributed by atoms with Crippen LogP contribution in [0.1, 0.15) is 43.6 Å². The fraction of sp³-hybridized carbons (Fsp3) is 0.625. The molecular weight excluding hydrogens is 222 g/mol. The fourth-order valence-electron chi connectivity index (χ4n) is 3.28. The minimum Gasteiger partial charge on any atom is -0.493 e. The van der Waals surface area contributed by atoms with Crippen LogP contribution >= 0.6 is 0 Å². The number of hydrogen-bond donors (Lipinski definition) is 1. The van der Waals surface area contributed by atoms with E-state index in [0.29, 0.717) is 5.92 Å². The van der Waals surface area contributed by atoms with Crippen molar-refractivity contribution >= 4 is 0 Å². The van der Waals surface area contributed by atoms with Crippen LogP contribution < -0.4 is 10.1 Å². The zero-order valence-electron chi connectivity index (χ0n) is 11.0. The third kappa shape index (κ3) is 2.69. The lowest BCUT2D eigenvalue weighted by atomic mass is 10.0. The van der Waals surface area contributed by atoms with E-state index < -0.39 is 0 Å². The third-order valence-corrected chi connectivity index (χ3v) is 4.39. The average Bonchev–Trinajstić information content (AvgIpc) is 3.04. The van der Waals surface area contributed by atoms with Gasteiger partial charge in [0.15, 0.2) is 0 Å². The van der Waals surface area contributed by atoms with Crippen LogP contribution in [-0.4, -0.2) is 19.7 Å². The normalized spacial score (nSPS) is 23.0. The number of fused-ring (bicyclic) bond motifs is 1. The molecule has 1 aromatic carbocycles. The van der Waals surface area contributed by atoms with Gasteiger partial charge in [0.2, 0.25) is 0 Å². The Morgan fingerprint density at radius 1 is 1.17 bits per heavy atom. The average molecular weight is 245 g/mol. The topological polar surface area (TPSA) is 21.3 Å². The summed E-state index contributed by atoms with van der Waals surface area (Å²) in [7, 11) is 0. The summed E-state index contributed by atoms with van der Waals surface area (Å²) in [6.45, 7) is 3.07. The van der Waals surface area contributed by atoms with Crippen LogP contribution in [0.3, 0.4) is 0 Å². The van der Waals surface area contributed by atoms with Crippen molar-refractivity contribution in [2.45, 2.75) is 38.0 Å². The molecule has 1 atom stereocenters.